The molecule has 0 heterocycles. The summed E-state index contributed by atoms with van der Waals surface area (Å²) in [7, 11) is 1.30. The monoisotopic (exact) mass is 434 g/mol. The van der Waals surface area contributed by atoms with Crippen LogP contribution in [0.15, 0.2) is 78.9 Å². The molecule has 0 radical (unpaired) electrons. The van der Waals surface area contributed by atoms with E-state index in [2.05, 4.69) is 27.5 Å². The molecule has 0 aliphatic heterocycles. The molecule has 0 atom stereocenters. The second kappa shape index (κ2) is 10.9. The highest BCUT2D eigenvalue weighted by Gasteiger charge is 2.10. The molecule has 31 heavy (non-hydrogen) atoms. The lowest BCUT2D eigenvalue weighted by Gasteiger charge is -2.12. The van der Waals surface area contributed by atoms with E-state index in [9.17, 15) is 9.59 Å². The molecule has 0 saturated heterocycles. The molecule has 7 heteroatoms. The first-order valence-corrected chi connectivity index (χ1v) is 10.0. The van der Waals surface area contributed by atoms with Crippen LogP contribution in [0.1, 0.15) is 26.3 Å². The smallest absolute Gasteiger partial charge is 0.337 e. The third-order valence-corrected chi connectivity index (χ3v) is 4.59. The summed E-state index contributed by atoms with van der Waals surface area (Å²) >= 11 is 5.24. The molecule has 2 N–H and O–H groups in total. The van der Waals surface area contributed by atoms with E-state index < -0.39 is 5.97 Å². The Balaban J connectivity index is 1.51. The van der Waals surface area contributed by atoms with E-state index in [4.69, 9.17) is 17.0 Å². The Morgan fingerprint density at radius 1 is 0.903 bits per heavy atom. The minimum atomic E-state index is -0.463. The van der Waals surface area contributed by atoms with Gasteiger partial charge in [0.2, 0.25) is 0 Å². The van der Waals surface area contributed by atoms with Crippen LogP contribution in [-0.4, -0.2) is 30.7 Å². The van der Waals surface area contributed by atoms with Crippen LogP contribution in [0.25, 0.3) is 0 Å². The van der Waals surface area contributed by atoms with Gasteiger partial charge in [-0.1, -0.05) is 36.4 Å². The number of benzene rings is 3. The van der Waals surface area contributed by atoms with E-state index in [1.165, 1.54) is 36.9 Å². The average molecular weight is 435 g/mol. The molecule has 0 unspecified atom stereocenters. The second-order valence-corrected chi connectivity index (χ2v) is 7.00. The zero-order chi connectivity index (χ0) is 22.1. The number of rotatable bonds is 7. The molecular weight excluding hydrogens is 412 g/mol. The SMILES string of the molecule is COC(=O)c1ccc(C(=O)NC(=S)Nc2cccc(OCCc3ccccc3)c2)cc1. The number of hydrogen-bond acceptors (Lipinski definition) is 5. The fourth-order valence-electron chi connectivity index (χ4n) is 2.81. The third kappa shape index (κ3) is 6.65. The van der Waals surface area contributed by atoms with Gasteiger partial charge in [-0.2, -0.15) is 0 Å². The van der Waals surface area contributed by atoms with Crippen LogP contribution in [0.4, 0.5) is 5.69 Å². The number of methoxy groups -OCH3 is 1. The predicted molar refractivity (Wildman–Crippen MR) is 124 cm³/mol. The third-order valence-electron chi connectivity index (χ3n) is 4.39. The lowest BCUT2D eigenvalue weighted by atomic mass is 10.1. The van der Waals surface area contributed by atoms with Gasteiger partial charge in [0.25, 0.3) is 5.91 Å². The van der Waals surface area contributed by atoms with E-state index in [1.807, 2.05) is 42.5 Å². The molecule has 0 spiro atoms. The Kier molecular flexibility index (Phi) is 7.73. The van der Waals surface area contributed by atoms with Crippen LogP contribution in [0, 0.1) is 0 Å². The minimum absolute atomic E-state index is 0.156. The average Bonchev–Trinajstić information content (AvgIpc) is 2.79. The van der Waals surface area contributed by atoms with Gasteiger partial charge in [0.05, 0.1) is 19.3 Å². The van der Waals surface area contributed by atoms with Gasteiger partial charge >= 0.3 is 5.97 Å². The predicted octanol–water partition coefficient (Wildman–Crippen LogP) is 4.22. The van der Waals surface area contributed by atoms with Gasteiger partial charge in [-0.3, -0.25) is 10.1 Å². The van der Waals surface area contributed by atoms with Gasteiger partial charge in [-0.05, 0) is 54.2 Å². The van der Waals surface area contributed by atoms with Gasteiger partial charge in [0.1, 0.15) is 5.75 Å². The number of ether oxygens (including phenoxy) is 2. The van der Waals surface area contributed by atoms with Crippen LogP contribution >= 0.6 is 12.2 Å². The molecule has 158 valence electrons. The van der Waals surface area contributed by atoms with Crippen LogP contribution in [0.5, 0.6) is 5.75 Å². The van der Waals surface area contributed by atoms with Crippen LogP contribution < -0.4 is 15.4 Å². The highest BCUT2D eigenvalue weighted by atomic mass is 32.1. The van der Waals surface area contributed by atoms with Crippen molar-refractivity contribution < 1.29 is 19.1 Å². The molecule has 3 rings (SSSR count). The van der Waals surface area contributed by atoms with E-state index >= 15 is 0 Å². The minimum Gasteiger partial charge on any atom is -0.493 e. The summed E-state index contributed by atoms with van der Waals surface area (Å²) in [6, 6.07) is 23.6. The largest absolute Gasteiger partial charge is 0.493 e. The van der Waals surface area contributed by atoms with Gasteiger partial charge in [-0.15, -0.1) is 0 Å². The molecule has 6 nitrogen and oxygen atoms in total. The van der Waals surface area contributed by atoms with Crippen molar-refractivity contribution in [1.82, 2.24) is 5.32 Å². The number of hydrogen-bond donors (Lipinski definition) is 2. The topological polar surface area (TPSA) is 76.7 Å². The van der Waals surface area contributed by atoms with Crippen molar-refractivity contribution in [2.24, 2.45) is 0 Å². The van der Waals surface area contributed by atoms with Gasteiger partial charge in [0.15, 0.2) is 5.11 Å². The number of carbonyl (C=O) groups excluding carboxylic acids is 2. The van der Waals surface area contributed by atoms with Crippen molar-refractivity contribution in [3.8, 4) is 5.75 Å². The number of thiocarbonyl (C=S) groups is 1. The summed E-state index contributed by atoms with van der Waals surface area (Å²) in [6.45, 7) is 0.552. The quantitative estimate of drug-likeness (QED) is 0.428. The van der Waals surface area contributed by atoms with Crippen molar-refractivity contribution in [1.29, 1.82) is 0 Å². The highest BCUT2D eigenvalue weighted by Crippen LogP contribution is 2.18. The lowest BCUT2D eigenvalue weighted by Crippen LogP contribution is -2.34. The van der Waals surface area contributed by atoms with Gasteiger partial charge < -0.3 is 14.8 Å². The maximum absolute atomic E-state index is 12.4. The number of anilines is 1. The number of carbonyl (C=O) groups is 2. The highest BCUT2D eigenvalue weighted by molar-refractivity contribution is 7.80. The Morgan fingerprint density at radius 2 is 1.61 bits per heavy atom. The zero-order valence-corrected chi connectivity index (χ0v) is 17.8. The van der Waals surface area contributed by atoms with Crippen molar-refractivity contribution >= 4 is 34.9 Å². The van der Waals surface area contributed by atoms with E-state index in [-0.39, 0.29) is 11.0 Å². The van der Waals surface area contributed by atoms with Crippen molar-refractivity contribution in [3.05, 3.63) is 95.6 Å². The summed E-state index contributed by atoms with van der Waals surface area (Å²) in [5.41, 5.74) is 2.64. The number of amides is 1. The molecule has 0 aromatic heterocycles. The Morgan fingerprint density at radius 3 is 2.32 bits per heavy atom. The molecule has 0 saturated carbocycles. The number of esters is 1. The molecule has 0 fully saturated rings. The molecular formula is C24H22N2O4S. The van der Waals surface area contributed by atoms with Crippen LogP contribution in [-0.2, 0) is 11.2 Å². The van der Waals surface area contributed by atoms with Gasteiger partial charge in [0, 0.05) is 23.7 Å². The Hall–Kier alpha value is -3.71. The summed E-state index contributed by atoms with van der Waals surface area (Å²) in [4.78, 5) is 23.8. The van der Waals surface area contributed by atoms with Crippen molar-refractivity contribution in [2.45, 2.75) is 6.42 Å². The standard InChI is InChI=1S/C24H22N2O4S/c1-29-23(28)19-12-10-18(11-13-19)22(27)26-24(31)25-20-8-5-9-21(16-20)30-15-14-17-6-3-2-4-7-17/h2-13,16H,14-15H2,1H3,(H2,25,26,27,31). The normalized spacial score (nSPS) is 10.1. The second-order valence-electron chi connectivity index (χ2n) is 6.59. The molecule has 3 aromatic rings. The first kappa shape index (κ1) is 22.0. The van der Waals surface area contributed by atoms with Crippen molar-refractivity contribution in [3.63, 3.8) is 0 Å². The van der Waals surface area contributed by atoms with E-state index in [0.717, 1.165) is 6.42 Å². The summed E-state index contributed by atoms with van der Waals surface area (Å²) < 4.78 is 10.5. The van der Waals surface area contributed by atoms with E-state index in [0.29, 0.717) is 29.2 Å². The summed E-state index contributed by atoms with van der Waals surface area (Å²) in [5.74, 6) is -0.146. The summed E-state index contributed by atoms with van der Waals surface area (Å²) in [6.07, 6.45) is 0.807. The van der Waals surface area contributed by atoms with Crippen LogP contribution in [0.2, 0.25) is 0 Å². The van der Waals surface area contributed by atoms with Gasteiger partial charge in [-0.25, -0.2) is 4.79 Å². The first-order valence-electron chi connectivity index (χ1n) is 9.62. The fraction of sp³-hybridized carbons (Fsp3) is 0.125. The van der Waals surface area contributed by atoms with Crippen LogP contribution in [0.3, 0.4) is 0 Å². The first-order chi connectivity index (χ1) is 15.0. The maximum atomic E-state index is 12.4. The molecule has 3 aromatic carbocycles. The molecule has 0 bridgehead atoms. The zero-order valence-electron chi connectivity index (χ0n) is 17.0. The number of nitrogens with one attached hydrogen (secondary N) is 2. The lowest BCUT2D eigenvalue weighted by molar-refractivity contribution is 0.0600. The molecule has 1 amide bonds. The summed E-state index contributed by atoms with van der Waals surface area (Å²) in [5, 5.41) is 5.75. The fourth-order valence-corrected chi connectivity index (χ4v) is 3.02. The van der Waals surface area contributed by atoms with Crippen molar-refractivity contribution in [2.75, 3.05) is 19.0 Å². The molecule has 0 aliphatic carbocycles. The Labute approximate surface area is 186 Å². The van der Waals surface area contributed by atoms with E-state index in [1.54, 1.807) is 0 Å². The Bertz CT molecular complexity index is 1050. The maximum Gasteiger partial charge on any atom is 0.337 e. The molecule has 0 aliphatic rings.